The number of allylic oxidation sites excluding steroid dienone is 2. The van der Waals surface area contributed by atoms with Crippen LogP contribution in [0.1, 0.15) is 11.5 Å². The first-order valence-corrected chi connectivity index (χ1v) is 9.00. The van der Waals surface area contributed by atoms with Gasteiger partial charge in [-0.05, 0) is 30.3 Å². The van der Waals surface area contributed by atoms with Gasteiger partial charge in [0.25, 0.3) is 5.91 Å². The lowest BCUT2D eigenvalue weighted by atomic mass is 9.58. The Balaban J connectivity index is 2.14. The molecule has 0 radical (unpaired) electrons. The number of hydrogen-bond donors (Lipinski definition) is 2. The van der Waals surface area contributed by atoms with Crippen molar-refractivity contribution in [3.8, 4) is 24.0 Å². The van der Waals surface area contributed by atoms with Crippen LogP contribution in [0.15, 0.2) is 47.2 Å². The SMILES string of the molecule is CN1CC=C2C(C#N)=C(N)C(C#N)(C#N)[C@@H](c3ccc(OCC(N)=O)cc3)[C@H]2C1. The molecule has 2 aliphatic rings. The zero-order valence-electron chi connectivity index (χ0n) is 15.9. The molecule has 1 aliphatic heterocycles. The monoisotopic (exact) mass is 388 g/mol. The Morgan fingerprint density at radius 1 is 1.28 bits per heavy atom. The van der Waals surface area contributed by atoms with Gasteiger partial charge >= 0.3 is 0 Å². The molecule has 2 atom stereocenters. The lowest BCUT2D eigenvalue weighted by Crippen LogP contribution is -2.47. The highest BCUT2D eigenvalue weighted by Crippen LogP contribution is 2.54. The van der Waals surface area contributed by atoms with Gasteiger partial charge in [0.1, 0.15) is 11.8 Å². The number of nitriles is 3. The number of carbonyl (C=O) groups is 1. The van der Waals surface area contributed by atoms with Crippen LogP contribution in [0, 0.1) is 45.3 Å². The number of rotatable bonds is 4. The van der Waals surface area contributed by atoms with Gasteiger partial charge in [-0.1, -0.05) is 18.2 Å². The number of primary amides is 1. The molecule has 1 amide bonds. The summed E-state index contributed by atoms with van der Waals surface area (Å²) in [6, 6.07) is 13.1. The van der Waals surface area contributed by atoms with Crippen LogP contribution in [0.5, 0.6) is 5.75 Å². The van der Waals surface area contributed by atoms with Crippen LogP contribution >= 0.6 is 0 Å². The summed E-state index contributed by atoms with van der Waals surface area (Å²) in [5, 5.41) is 29.7. The van der Waals surface area contributed by atoms with Crippen LogP contribution in [0.3, 0.4) is 0 Å². The number of fused-ring (bicyclic) bond motifs is 1. The summed E-state index contributed by atoms with van der Waals surface area (Å²) in [6.45, 7) is 0.994. The molecule has 0 saturated carbocycles. The Hall–Kier alpha value is -3.80. The predicted molar refractivity (Wildman–Crippen MR) is 103 cm³/mol. The van der Waals surface area contributed by atoms with Gasteiger partial charge in [0.05, 0.1) is 23.4 Å². The summed E-state index contributed by atoms with van der Waals surface area (Å²) < 4.78 is 5.29. The van der Waals surface area contributed by atoms with E-state index in [1.807, 2.05) is 13.1 Å². The molecule has 0 spiro atoms. The number of ether oxygens (including phenoxy) is 1. The minimum Gasteiger partial charge on any atom is -0.484 e. The maximum absolute atomic E-state index is 10.9. The third-order valence-electron chi connectivity index (χ3n) is 5.47. The molecule has 0 bridgehead atoms. The van der Waals surface area contributed by atoms with Crippen molar-refractivity contribution in [2.75, 3.05) is 26.7 Å². The standard InChI is InChI=1S/C21H20N6O2/c1-27-7-6-15-16(8-22)20(26)21(11-23,12-24)19(17(15)9-27)13-2-4-14(5-3-13)29-10-18(25)28/h2-6,17,19H,7,9-10,26H2,1H3,(H2,25,28)/t17-,19-/m0/s1. The van der Waals surface area contributed by atoms with Crippen molar-refractivity contribution in [2.24, 2.45) is 22.8 Å². The summed E-state index contributed by atoms with van der Waals surface area (Å²) in [6.07, 6.45) is 1.94. The summed E-state index contributed by atoms with van der Waals surface area (Å²) in [7, 11) is 1.94. The molecular weight excluding hydrogens is 368 g/mol. The van der Waals surface area contributed by atoms with E-state index < -0.39 is 17.2 Å². The first kappa shape index (κ1) is 19.9. The topological polar surface area (TPSA) is 153 Å². The molecule has 0 fully saturated rings. The highest BCUT2D eigenvalue weighted by Gasteiger charge is 2.54. The second-order valence-electron chi connectivity index (χ2n) is 7.22. The van der Waals surface area contributed by atoms with Crippen molar-refractivity contribution in [3.63, 3.8) is 0 Å². The number of nitrogens with zero attached hydrogens (tertiary/aromatic N) is 4. The molecular formula is C21H20N6O2. The number of nitrogens with two attached hydrogens (primary N) is 2. The minimum atomic E-state index is -1.67. The van der Waals surface area contributed by atoms with Gasteiger partial charge in [-0.15, -0.1) is 0 Å². The molecule has 1 heterocycles. The second kappa shape index (κ2) is 7.67. The van der Waals surface area contributed by atoms with E-state index in [1.165, 1.54) is 0 Å². The Labute approximate surface area is 168 Å². The largest absolute Gasteiger partial charge is 0.484 e. The fourth-order valence-electron chi connectivity index (χ4n) is 4.13. The van der Waals surface area contributed by atoms with Gasteiger partial charge in [0.15, 0.2) is 12.0 Å². The average Bonchev–Trinajstić information content (AvgIpc) is 2.72. The molecule has 4 N–H and O–H groups in total. The van der Waals surface area contributed by atoms with Crippen LogP contribution in [-0.4, -0.2) is 37.6 Å². The number of benzene rings is 1. The first-order valence-electron chi connectivity index (χ1n) is 9.00. The average molecular weight is 388 g/mol. The van der Waals surface area contributed by atoms with E-state index in [1.54, 1.807) is 24.3 Å². The van der Waals surface area contributed by atoms with Crippen molar-refractivity contribution in [2.45, 2.75) is 5.92 Å². The Morgan fingerprint density at radius 2 is 1.93 bits per heavy atom. The van der Waals surface area contributed by atoms with Gasteiger partial charge in [-0.25, -0.2) is 0 Å². The van der Waals surface area contributed by atoms with Crippen LogP contribution in [0.2, 0.25) is 0 Å². The van der Waals surface area contributed by atoms with Gasteiger partial charge in [0.2, 0.25) is 0 Å². The number of hydrogen-bond acceptors (Lipinski definition) is 7. The molecule has 0 saturated heterocycles. The molecule has 29 heavy (non-hydrogen) atoms. The molecule has 1 aromatic rings. The fourth-order valence-corrected chi connectivity index (χ4v) is 4.13. The third-order valence-corrected chi connectivity index (χ3v) is 5.47. The van der Waals surface area contributed by atoms with E-state index in [0.717, 1.165) is 11.1 Å². The Kier molecular flexibility index (Phi) is 5.28. The maximum Gasteiger partial charge on any atom is 0.255 e. The van der Waals surface area contributed by atoms with E-state index >= 15 is 0 Å². The number of carbonyl (C=O) groups excluding carboxylic acids is 1. The third kappa shape index (κ3) is 3.29. The number of likely N-dealkylation sites (N-methyl/N-ethyl adjacent to an activating group) is 1. The summed E-state index contributed by atoms with van der Waals surface area (Å²) >= 11 is 0. The zero-order valence-corrected chi connectivity index (χ0v) is 15.9. The van der Waals surface area contributed by atoms with Crippen molar-refractivity contribution in [1.29, 1.82) is 15.8 Å². The fraction of sp³-hybridized carbons (Fsp3) is 0.333. The predicted octanol–water partition coefficient (Wildman–Crippen LogP) is 0.906. The van der Waals surface area contributed by atoms with Crippen LogP contribution in [0.4, 0.5) is 0 Å². The lowest BCUT2D eigenvalue weighted by Gasteiger charge is -2.45. The van der Waals surface area contributed by atoms with Gasteiger partial charge in [0, 0.05) is 24.9 Å². The van der Waals surface area contributed by atoms with Gasteiger partial charge < -0.3 is 21.1 Å². The normalized spacial score (nSPS) is 23.0. The number of amides is 1. The smallest absolute Gasteiger partial charge is 0.255 e. The van der Waals surface area contributed by atoms with Crippen molar-refractivity contribution in [3.05, 3.63) is 52.7 Å². The van der Waals surface area contributed by atoms with Crippen LogP contribution in [-0.2, 0) is 4.79 Å². The molecule has 3 rings (SSSR count). The van der Waals surface area contributed by atoms with Gasteiger partial charge in [-0.3, -0.25) is 4.79 Å². The molecule has 1 aliphatic carbocycles. The van der Waals surface area contributed by atoms with E-state index in [2.05, 4.69) is 23.1 Å². The van der Waals surface area contributed by atoms with Crippen molar-refractivity contribution >= 4 is 5.91 Å². The van der Waals surface area contributed by atoms with Crippen LogP contribution in [0.25, 0.3) is 0 Å². The molecule has 0 aromatic heterocycles. The van der Waals surface area contributed by atoms with Crippen molar-refractivity contribution < 1.29 is 9.53 Å². The second-order valence-corrected chi connectivity index (χ2v) is 7.22. The van der Waals surface area contributed by atoms with Crippen LogP contribution < -0.4 is 16.2 Å². The van der Waals surface area contributed by atoms with E-state index in [-0.39, 0.29) is 23.8 Å². The highest BCUT2D eigenvalue weighted by atomic mass is 16.5. The van der Waals surface area contributed by atoms with E-state index in [9.17, 15) is 20.6 Å². The van der Waals surface area contributed by atoms with Crippen molar-refractivity contribution in [1.82, 2.24) is 4.90 Å². The minimum absolute atomic E-state index is 0.00360. The zero-order chi connectivity index (χ0) is 21.2. The van der Waals surface area contributed by atoms with E-state index in [4.69, 9.17) is 16.2 Å². The summed E-state index contributed by atoms with van der Waals surface area (Å²) in [5.74, 6) is -0.946. The Bertz CT molecular complexity index is 1010. The maximum atomic E-state index is 10.9. The molecule has 8 heteroatoms. The van der Waals surface area contributed by atoms with Gasteiger partial charge in [-0.2, -0.15) is 15.8 Å². The molecule has 8 nitrogen and oxygen atoms in total. The summed E-state index contributed by atoms with van der Waals surface area (Å²) in [5.41, 5.74) is 11.4. The first-order chi connectivity index (χ1) is 13.9. The molecule has 1 aromatic carbocycles. The van der Waals surface area contributed by atoms with E-state index in [0.29, 0.717) is 18.8 Å². The lowest BCUT2D eigenvalue weighted by molar-refractivity contribution is -0.119. The summed E-state index contributed by atoms with van der Waals surface area (Å²) in [4.78, 5) is 13.0. The molecule has 0 unspecified atom stereocenters. The molecule has 146 valence electrons. The Morgan fingerprint density at radius 3 is 2.48 bits per heavy atom. The highest BCUT2D eigenvalue weighted by molar-refractivity contribution is 5.75. The quantitative estimate of drug-likeness (QED) is 0.777.